The van der Waals surface area contributed by atoms with E-state index >= 15 is 0 Å². The Hall–Kier alpha value is -1.34. The summed E-state index contributed by atoms with van der Waals surface area (Å²) in [6.45, 7) is 2.18. The third-order valence-electron chi connectivity index (χ3n) is 2.40. The van der Waals surface area contributed by atoms with E-state index in [1.54, 1.807) is 0 Å². The molecule has 0 heterocycles. The van der Waals surface area contributed by atoms with Crippen molar-refractivity contribution in [3.05, 3.63) is 24.0 Å². The summed E-state index contributed by atoms with van der Waals surface area (Å²) in [5.41, 5.74) is 0. The molecular formula is C12H15ClFNO4S. The zero-order valence-corrected chi connectivity index (χ0v) is 12.4. The number of ether oxygens (including phenoxy) is 1. The minimum absolute atomic E-state index is 0.209. The average Bonchev–Trinajstić information content (AvgIpc) is 2.36. The van der Waals surface area contributed by atoms with Crippen LogP contribution < -0.4 is 10.1 Å². The van der Waals surface area contributed by atoms with Crippen LogP contribution in [0.4, 0.5) is 4.39 Å². The monoisotopic (exact) mass is 323 g/mol. The van der Waals surface area contributed by atoms with Gasteiger partial charge >= 0.3 is 0 Å². The van der Waals surface area contributed by atoms with Crippen LogP contribution in [-0.4, -0.2) is 27.5 Å². The SMILES string of the molecule is CCCCNC(=O)COc1ccc(S(=O)(=O)Cl)cc1F. The Labute approximate surface area is 121 Å². The second-order valence-electron chi connectivity index (χ2n) is 4.02. The Morgan fingerprint density at radius 3 is 2.70 bits per heavy atom. The predicted octanol–water partition coefficient (Wildman–Crippen LogP) is 2.05. The lowest BCUT2D eigenvalue weighted by atomic mass is 10.3. The quantitative estimate of drug-likeness (QED) is 0.615. The first-order chi connectivity index (χ1) is 9.34. The highest BCUT2D eigenvalue weighted by Gasteiger charge is 2.14. The molecule has 0 aliphatic rings. The summed E-state index contributed by atoms with van der Waals surface area (Å²) in [4.78, 5) is 11.0. The van der Waals surface area contributed by atoms with Gasteiger partial charge in [-0.15, -0.1) is 0 Å². The number of halogens is 2. The van der Waals surface area contributed by atoms with E-state index in [2.05, 4.69) is 5.32 Å². The van der Waals surface area contributed by atoms with Crippen LogP contribution in [0.1, 0.15) is 19.8 Å². The van der Waals surface area contributed by atoms with Crippen molar-refractivity contribution >= 4 is 25.6 Å². The zero-order chi connectivity index (χ0) is 15.2. The summed E-state index contributed by atoms with van der Waals surface area (Å²) >= 11 is 0. The minimum Gasteiger partial charge on any atom is -0.481 e. The summed E-state index contributed by atoms with van der Waals surface area (Å²) in [6.07, 6.45) is 1.80. The number of benzene rings is 1. The first-order valence-electron chi connectivity index (χ1n) is 5.98. The van der Waals surface area contributed by atoms with Crippen molar-refractivity contribution < 1.29 is 22.3 Å². The Morgan fingerprint density at radius 2 is 2.15 bits per heavy atom. The Balaban J connectivity index is 2.59. The number of carbonyl (C=O) groups excluding carboxylic acids is 1. The number of hydrogen-bond donors (Lipinski definition) is 1. The molecule has 8 heteroatoms. The van der Waals surface area contributed by atoms with E-state index in [1.165, 1.54) is 0 Å². The molecule has 112 valence electrons. The molecule has 1 N–H and O–H groups in total. The molecule has 0 bridgehead atoms. The summed E-state index contributed by atoms with van der Waals surface area (Å²) in [7, 11) is 1.09. The van der Waals surface area contributed by atoms with Crippen molar-refractivity contribution in [2.24, 2.45) is 0 Å². The molecule has 0 aliphatic heterocycles. The van der Waals surface area contributed by atoms with E-state index in [-0.39, 0.29) is 23.2 Å². The summed E-state index contributed by atoms with van der Waals surface area (Å²) in [5, 5.41) is 2.61. The molecule has 1 aromatic carbocycles. The second kappa shape index (κ2) is 7.44. The molecule has 0 aliphatic carbocycles. The Bertz CT molecular complexity index is 577. The van der Waals surface area contributed by atoms with Crippen molar-refractivity contribution in [3.63, 3.8) is 0 Å². The van der Waals surface area contributed by atoms with Crippen LogP contribution in [0.25, 0.3) is 0 Å². The number of rotatable bonds is 7. The smallest absolute Gasteiger partial charge is 0.261 e. The lowest BCUT2D eigenvalue weighted by Gasteiger charge is -2.08. The van der Waals surface area contributed by atoms with Crippen LogP contribution >= 0.6 is 10.7 Å². The molecule has 0 saturated heterocycles. The van der Waals surface area contributed by atoms with Gasteiger partial charge in [-0.25, -0.2) is 12.8 Å². The number of nitrogens with one attached hydrogen (secondary N) is 1. The Morgan fingerprint density at radius 1 is 1.45 bits per heavy atom. The zero-order valence-electron chi connectivity index (χ0n) is 10.9. The molecular weight excluding hydrogens is 309 g/mol. The standard InChI is InChI=1S/C12H15ClFNO4S/c1-2-3-6-15-12(16)8-19-11-5-4-9(7-10(11)14)20(13,17)18/h4-5,7H,2-3,6,8H2,1H3,(H,15,16). The van der Waals surface area contributed by atoms with Crippen molar-refractivity contribution in [3.8, 4) is 5.75 Å². The molecule has 5 nitrogen and oxygen atoms in total. The predicted molar refractivity (Wildman–Crippen MR) is 72.9 cm³/mol. The van der Waals surface area contributed by atoms with Gasteiger partial charge < -0.3 is 10.1 Å². The lowest BCUT2D eigenvalue weighted by Crippen LogP contribution is -2.29. The van der Waals surface area contributed by atoms with Gasteiger partial charge in [-0.1, -0.05) is 13.3 Å². The molecule has 0 atom stereocenters. The number of hydrogen-bond acceptors (Lipinski definition) is 4. The molecule has 0 spiro atoms. The number of carbonyl (C=O) groups is 1. The first-order valence-corrected chi connectivity index (χ1v) is 8.29. The van der Waals surface area contributed by atoms with Crippen LogP contribution in [0.3, 0.4) is 0 Å². The fourth-order valence-corrected chi connectivity index (χ4v) is 2.11. The van der Waals surface area contributed by atoms with E-state index in [9.17, 15) is 17.6 Å². The molecule has 0 radical (unpaired) electrons. The van der Waals surface area contributed by atoms with E-state index in [1.807, 2.05) is 6.92 Å². The van der Waals surface area contributed by atoms with Gasteiger partial charge in [0.05, 0.1) is 4.90 Å². The summed E-state index contributed by atoms with van der Waals surface area (Å²) in [5.74, 6) is -1.47. The molecule has 1 rings (SSSR count). The van der Waals surface area contributed by atoms with Crippen molar-refractivity contribution in [2.75, 3.05) is 13.2 Å². The van der Waals surface area contributed by atoms with E-state index in [0.717, 1.165) is 31.0 Å². The van der Waals surface area contributed by atoms with Crippen LogP contribution in [-0.2, 0) is 13.8 Å². The molecule has 1 aromatic rings. The van der Waals surface area contributed by atoms with Gasteiger partial charge in [-0.05, 0) is 24.6 Å². The van der Waals surface area contributed by atoms with Crippen molar-refractivity contribution in [2.45, 2.75) is 24.7 Å². The van der Waals surface area contributed by atoms with Crippen LogP contribution in [0.5, 0.6) is 5.75 Å². The summed E-state index contributed by atoms with van der Waals surface area (Å²) in [6, 6.07) is 2.96. The molecule has 0 saturated carbocycles. The second-order valence-corrected chi connectivity index (χ2v) is 6.59. The Kier molecular flexibility index (Phi) is 6.22. The third-order valence-corrected chi connectivity index (χ3v) is 3.75. The van der Waals surface area contributed by atoms with Gasteiger partial charge in [0, 0.05) is 17.2 Å². The van der Waals surface area contributed by atoms with Gasteiger partial charge in [0.2, 0.25) is 0 Å². The van der Waals surface area contributed by atoms with Gasteiger partial charge in [0.25, 0.3) is 15.0 Å². The van der Waals surface area contributed by atoms with Crippen molar-refractivity contribution in [1.82, 2.24) is 5.32 Å². The first kappa shape index (κ1) is 16.7. The largest absolute Gasteiger partial charge is 0.481 e. The van der Waals surface area contributed by atoms with E-state index < -0.39 is 14.9 Å². The van der Waals surface area contributed by atoms with E-state index in [4.69, 9.17) is 15.4 Å². The fraction of sp³-hybridized carbons (Fsp3) is 0.417. The van der Waals surface area contributed by atoms with Crippen LogP contribution in [0.15, 0.2) is 23.1 Å². The number of unbranched alkanes of at least 4 members (excludes halogenated alkanes) is 1. The average molecular weight is 324 g/mol. The number of amides is 1. The molecule has 1 amide bonds. The highest BCUT2D eigenvalue weighted by molar-refractivity contribution is 8.13. The van der Waals surface area contributed by atoms with Gasteiger partial charge in [0.15, 0.2) is 18.2 Å². The van der Waals surface area contributed by atoms with Gasteiger partial charge in [0.1, 0.15) is 0 Å². The minimum atomic E-state index is -3.99. The third kappa shape index (κ3) is 5.34. The lowest BCUT2D eigenvalue weighted by molar-refractivity contribution is -0.123. The molecule has 0 fully saturated rings. The maximum atomic E-state index is 13.6. The highest BCUT2D eigenvalue weighted by atomic mass is 35.7. The highest BCUT2D eigenvalue weighted by Crippen LogP contribution is 2.23. The van der Waals surface area contributed by atoms with E-state index in [0.29, 0.717) is 6.54 Å². The van der Waals surface area contributed by atoms with Crippen molar-refractivity contribution in [1.29, 1.82) is 0 Å². The molecule has 20 heavy (non-hydrogen) atoms. The summed E-state index contributed by atoms with van der Waals surface area (Å²) < 4.78 is 40.5. The maximum absolute atomic E-state index is 13.6. The maximum Gasteiger partial charge on any atom is 0.261 e. The van der Waals surface area contributed by atoms with Crippen LogP contribution in [0, 0.1) is 5.82 Å². The molecule has 0 aromatic heterocycles. The normalized spacial score (nSPS) is 11.2. The van der Waals surface area contributed by atoms with Gasteiger partial charge in [-0.3, -0.25) is 4.79 Å². The van der Waals surface area contributed by atoms with Crippen LogP contribution in [0.2, 0.25) is 0 Å². The molecule has 0 unspecified atom stereocenters. The van der Waals surface area contributed by atoms with Gasteiger partial charge in [-0.2, -0.15) is 0 Å². The topological polar surface area (TPSA) is 72.5 Å². The fourth-order valence-electron chi connectivity index (χ4n) is 1.35.